The minimum absolute atomic E-state index is 0.829. The molecule has 0 spiro atoms. The van der Waals surface area contributed by atoms with E-state index in [1.54, 1.807) is 13.3 Å². The summed E-state index contributed by atoms with van der Waals surface area (Å²) in [5.74, 6) is 1.68. The molecule has 0 unspecified atom stereocenters. The number of halogens is 1. The molecule has 0 saturated heterocycles. The van der Waals surface area contributed by atoms with Crippen molar-refractivity contribution in [2.45, 2.75) is 0 Å². The average Bonchev–Trinajstić information content (AvgIpc) is 2.54. The van der Waals surface area contributed by atoms with E-state index in [1.165, 1.54) is 0 Å². The summed E-state index contributed by atoms with van der Waals surface area (Å²) in [4.78, 5) is 4.17. The third-order valence-corrected chi connectivity index (χ3v) is 3.74. The summed E-state index contributed by atoms with van der Waals surface area (Å²) in [7, 11) is 1.69. The lowest BCUT2D eigenvalue weighted by Crippen LogP contribution is -1.90. The van der Waals surface area contributed by atoms with Crippen molar-refractivity contribution >= 4 is 33.8 Å². The number of pyridine rings is 1. The molecule has 0 aliphatic heterocycles. The Morgan fingerprint density at radius 2 is 1.80 bits per heavy atom. The van der Waals surface area contributed by atoms with Gasteiger partial charge in [-0.1, -0.05) is 12.1 Å². The second kappa shape index (κ2) is 5.66. The zero-order valence-corrected chi connectivity index (χ0v) is 13.0. The fraction of sp³-hybridized carbons (Fsp3) is 0.0625. The first-order valence-corrected chi connectivity index (χ1v) is 7.01. The summed E-state index contributed by atoms with van der Waals surface area (Å²) >= 11 is 1.88. The van der Waals surface area contributed by atoms with Gasteiger partial charge in [0, 0.05) is 23.3 Å². The van der Waals surface area contributed by atoms with Crippen molar-refractivity contribution in [3.63, 3.8) is 0 Å². The van der Waals surface area contributed by atoms with Gasteiger partial charge in [0.25, 0.3) is 0 Å². The summed E-state index contributed by atoms with van der Waals surface area (Å²) in [6.07, 6.45) is 3.66. The Balaban J connectivity index is 2.26. The van der Waals surface area contributed by atoms with Gasteiger partial charge in [-0.3, -0.25) is 4.98 Å². The van der Waals surface area contributed by atoms with Crippen LogP contribution in [0.3, 0.4) is 0 Å². The fourth-order valence-electron chi connectivity index (χ4n) is 2.29. The minimum atomic E-state index is 0.829. The average molecular weight is 377 g/mol. The van der Waals surface area contributed by atoms with E-state index in [0.717, 1.165) is 33.4 Å². The van der Waals surface area contributed by atoms with Gasteiger partial charge >= 0.3 is 0 Å². The number of aromatic nitrogens is 1. The van der Waals surface area contributed by atoms with Crippen molar-refractivity contribution in [2.75, 3.05) is 7.11 Å². The molecule has 0 aliphatic carbocycles. The van der Waals surface area contributed by atoms with Crippen LogP contribution in [0.25, 0.3) is 21.9 Å². The molecule has 0 fully saturated rings. The molecule has 3 rings (SSSR count). The molecule has 0 atom stereocenters. The van der Waals surface area contributed by atoms with Crippen LogP contribution in [0.5, 0.6) is 11.5 Å². The van der Waals surface area contributed by atoms with E-state index in [-0.39, 0.29) is 0 Å². The Kier molecular flexibility index (Phi) is 3.73. The van der Waals surface area contributed by atoms with E-state index < -0.39 is 0 Å². The van der Waals surface area contributed by atoms with Crippen molar-refractivity contribution in [3.8, 4) is 22.6 Å². The summed E-state index contributed by atoms with van der Waals surface area (Å²) in [5.41, 5.74) is 2.17. The first-order chi connectivity index (χ1) is 9.83. The van der Waals surface area contributed by atoms with Crippen molar-refractivity contribution in [2.24, 2.45) is 0 Å². The molecule has 0 bridgehead atoms. The molecule has 0 N–H and O–H groups in total. The summed E-state index contributed by atoms with van der Waals surface area (Å²) in [6.45, 7) is 0. The van der Waals surface area contributed by atoms with Crippen LogP contribution in [0.1, 0.15) is 0 Å². The Labute approximate surface area is 131 Å². The van der Waals surface area contributed by atoms with E-state index >= 15 is 0 Å². The summed E-state index contributed by atoms with van der Waals surface area (Å²) in [5, 5.41) is 2.22. The highest BCUT2D eigenvalue weighted by Gasteiger charge is 2.10. The normalized spacial score (nSPS) is 10.5. The number of fused-ring (bicyclic) bond motifs is 1. The fourth-order valence-corrected chi connectivity index (χ4v) is 2.58. The Morgan fingerprint density at radius 1 is 1.00 bits per heavy atom. The first kappa shape index (κ1) is 13.2. The monoisotopic (exact) mass is 377 g/mol. The zero-order chi connectivity index (χ0) is 13.9. The van der Waals surface area contributed by atoms with E-state index in [9.17, 15) is 0 Å². The first-order valence-electron chi connectivity index (χ1n) is 6.13. The van der Waals surface area contributed by atoms with E-state index in [1.807, 2.05) is 71.7 Å². The predicted octanol–water partition coefficient (Wildman–Crippen LogP) is 4.64. The van der Waals surface area contributed by atoms with Gasteiger partial charge in [0.2, 0.25) is 0 Å². The molecule has 2 aromatic carbocycles. The zero-order valence-electron chi connectivity index (χ0n) is 10.8. The second-order valence-corrected chi connectivity index (χ2v) is 4.78. The topological polar surface area (TPSA) is 31.4 Å². The van der Waals surface area contributed by atoms with Crippen LogP contribution >= 0.6 is 23.0 Å². The van der Waals surface area contributed by atoms with Gasteiger partial charge in [0.15, 0.2) is 23.0 Å². The molecular formula is C16H12INO2. The molecule has 3 aromatic rings. The number of hydrogen-bond donors (Lipinski definition) is 0. The second-order valence-electron chi connectivity index (χ2n) is 4.34. The van der Waals surface area contributed by atoms with E-state index in [0.29, 0.717) is 0 Å². The van der Waals surface area contributed by atoms with Gasteiger partial charge < -0.3 is 7.80 Å². The molecule has 1 aromatic heterocycles. The third-order valence-electron chi connectivity index (χ3n) is 3.23. The number of nitrogens with zero attached hydrogens (tertiary/aromatic N) is 1. The lowest BCUT2D eigenvalue weighted by Gasteiger charge is -2.12. The largest absolute Gasteiger partial charge is 0.496 e. The number of rotatable bonds is 3. The van der Waals surface area contributed by atoms with Gasteiger partial charge in [-0.25, -0.2) is 0 Å². The highest BCUT2D eigenvalue weighted by Crippen LogP contribution is 2.37. The summed E-state index contributed by atoms with van der Waals surface area (Å²) < 4.78 is 10.7. The summed E-state index contributed by atoms with van der Waals surface area (Å²) in [6, 6.07) is 14.0. The maximum absolute atomic E-state index is 5.51. The molecule has 0 amide bonds. The van der Waals surface area contributed by atoms with Crippen molar-refractivity contribution in [3.05, 3.63) is 54.9 Å². The third kappa shape index (κ3) is 2.31. The Morgan fingerprint density at radius 3 is 2.50 bits per heavy atom. The van der Waals surface area contributed by atoms with Crippen LogP contribution in [-0.4, -0.2) is 12.1 Å². The van der Waals surface area contributed by atoms with Crippen LogP contribution in [0.4, 0.5) is 0 Å². The minimum Gasteiger partial charge on any atom is -0.496 e. The smallest absolute Gasteiger partial charge is 0.192 e. The van der Waals surface area contributed by atoms with Crippen molar-refractivity contribution in [1.82, 2.24) is 4.98 Å². The maximum Gasteiger partial charge on any atom is 0.192 e. The number of benzene rings is 2. The molecule has 100 valence electrons. The van der Waals surface area contributed by atoms with Crippen LogP contribution in [0.15, 0.2) is 54.9 Å². The highest BCUT2D eigenvalue weighted by molar-refractivity contribution is 14.1. The molecule has 1 heterocycles. The van der Waals surface area contributed by atoms with Crippen molar-refractivity contribution in [1.29, 1.82) is 0 Å². The van der Waals surface area contributed by atoms with Crippen LogP contribution in [0, 0.1) is 0 Å². The van der Waals surface area contributed by atoms with E-state index in [4.69, 9.17) is 7.80 Å². The van der Waals surface area contributed by atoms with Gasteiger partial charge in [-0.2, -0.15) is 0 Å². The number of ether oxygens (including phenoxy) is 1. The standard InChI is InChI=1S/C16H12INO2/c1-19-15-7-4-12-10-18-9-8-14(12)16(15)11-2-5-13(20-17)6-3-11/h2-10H,1H3. The van der Waals surface area contributed by atoms with Gasteiger partial charge in [-0.05, 0) is 41.3 Å². The SMILES string of the molecule is COc1ccc2cnccc2c1-c1ccc(OI)cc1. The van der Waals surface area contributed by atoms with Gasteiger partial charge in [-0.15, -0.1) is 0 Å². The van der Waals surface area contributed by atoms with Crippen molar-refractivity contribution < 1.29 is 7.80 Å². The number of methoxy groups -OCH3 is 1. The Hall–Kier alpha value is -1.82. The van der Waals surface area contributed by atoms with Gasteiger partial charge in [0.05, 0.1) is 7.11 Å². The molecule has 20 heavy (non-hydrogen) atoms. The predicted molar refractivity (Wildman–Crippen MR) is 88.4 cm³/mol. The maximum atomic E-state index is 5.51. The van der Waals surface area contributed by atoms with Gasteiger partial charge in [0.1, 0.15) is 11.5 Å². The quantitative estimate of drug-likeness (QED) is 0.624. The van der Waals surface area contributed by atoms with Crippen LogP contribution < -0.4 is 7.80 Å². The number of hydrogen-bond acceptors (Lipinski definition) is 3. The molecule has 0 radical (unpaired) electrons. The highest BCUT2D eigenvalue weighted by atomic mass is 127. The molecule has 4 heteroatoms. The lowest BCUT2D eigenvalue weighted by molar-refractivity contribution is 0.417. The van der Waals surface area contributed by atoms with E-state index in [2.05, 4.69) is 4.98 Å². The molecule has 0 aliphatic rings. The van der Waals surface area contributed by atoms with Crippen LogP contribution in [-0.2, 0) is 0 Å². The molecule has 3 nitrogen and oxygen atoms in total. The molecule has 0 saturated carbocycles. The Bertz CT molecular complexity index is 741. The van der Waals surface area contributed by atoms with Crippen LogP contribution in [0.2, 0.25) is 0 Å². The molecular weight excluding hydrogens is 365 g/mol. The lowest BCUT2D eigenvalue weighted by atomic mass is 9.98.